The SMILES string of the molecule is C=c1c(O)c2c(C(C)C)c(O)c(O)c(CSCC)c2c(O)/c1=c1\c(O)c2c(=CSCC)c(O)c(O)c(=C(C)C)c2c(O)c1=C. The zero-order valence-corrected chi connectivity index (χ0v) is 27.2. The van der Waals surface area contributed by atoms with E-state index in [9.17, 15) is 40.9 Å². The van der Waals surface area contributed by atoms with Crippen LogP contribution in [0.2, 0.25) is 0 Å². The number of fused-ring (bicyclic) bond motifs is 2. The molecule has 0 radical (unpaired) electrons. The number of hydrogen-bond donors (Lipinski definition) is 8. The average Bonchev–Trinajstić information content (AvgIpc) is 2.96. The minimum Gasteiger partial charge on any atom is -0.507 e. The molecule has 0 saturated carbocycles. The maximum absolute atomic E-state index is 12.0. The minimum absolute atomic E-state index is 0.00563. The lowest BCUT2D eigenvalue weighted by Gasteiger charge is -2.20. The zero-order chi connectivity index (χ0) is 32.9. The molecule has 0 saturated heterocycles. The molecule has 4 aromatic carbocycles. The fourth-order valence-corrected chi connectivity index (χ4v) is 7.07. The van der Waals surface area contributed by atoms with Crippen molar-refractivity contribution in [3.63, 3.8) is 0 Å². The van der Waals surface area contributed by atoms with Crippen molar-refractivity contribution >= 4 is 69.2 Å². The number of rotatable bonds is 6. The van der Waals surface area contributed by atoms with E-state index in [1.54, 1.807) is 33.1 Å². The van der Waals surface area contributed by atoms with Crippen molar-refractivity contribution in [2.24, 2.45) is 0 Å². The highest BCUT2D eigenvalue weighted by molar-refractivity contribution is 8.06. The standard InChI is InChI=1S/C34H38O8S2/c1-9-43-11-17-23-25(19(13(3)4)33(41)29(17)37)27(35)15(7)21(31(23)39)22-16(8)28(36)26-20(14(5)6)34(42)30(38)18(12-44-10-2)24(26)32(22)40/h11,14,35-42H,7-10,12H2,1-6H3/b17-11?,22-21-. The van der Waals surface area contributed by atoms with Crippen LogP contribution in [-0.2, 0) is 5.75 Å². The zero-order valence-electron chi connectivity index (χ0n) is 25.6. The molecule has 8 nitrogen and oxygen atoms in total. The first-order valence-corrected chi connectivity index (χ1v) is 16.3. The predicted octanol–water partition coefficient (Wildman–Crippen LogP) is 4.80. The van der Waals surface area contributed by atoms with Crippen molar-refractivity contribution in [2.45, 2.75) is 53.2 Å². The van der Waals surface area contributed by atoms with Gasteiger partial charge < -0.3 is 40.9 Å². The second-order valence-electron chi connectivity index (χ2n) is 11.0. The van der Waals surface area contributed by atoms with E-state index >= 15 is 0 Å². The Morgan fingerprint density at radius 1 is 0.659 bits per heavy atom. The Labute approximate surface area is 262 Å². The molecule has 0 fully saturated rings. The number of aromatic hydroxyl groups is 8. The highest BCUT2D eigenvalue weighted by atomic mass is 32.2. The van der Waals surface area contributed by atoms with E-state index < -0.39 is 46.0 Å². The molecule has 4 rings (SSSR count). The summed E-state index contributed by atoms with van der Waals surface area (Å²) in [6.45, 7) is 18.7. The Bertz CT molecular complexity index is 2190. The molecule has 44 heavy (non-hydrogen) atoms. The summed E-state index contributed by atoms with van der Waals surface area (Å²) in [4.78, 5) is 0. The first-order chi connectivity index (χ1) is 20.6. The van der Waals surface area contributed by atoms with Crippen molar-refractivity contribution in [3.8, 4) is 46.0 Å². The van der Waals surface area contributed by atoms with Gasteiger partial charge in [-0.1, -0.05) is 46.4 Å². The van der Waals surface area contributed by atoms with E-state index in [4.69, 9.17) is 0 Å². The molecular weight excluding hydrogens is 601 g/mol. The van der Waals surface area contributed by atoms with Gasteiger partial charge in [-0.2, -0.15) is 11.8 Å². The number of phenols is 8. The van der Waals surface area contributed by atoms with Gasteiger partial charge in [0.2, 0.25) is 0 Å². The fourth-order valence-electron chi connectivity index (χ4n) is 5.81. The maximum atomic E-state index is 12.0. The first kappa shape index (κ1) is 32.9. The van der Waals surface area contributed by atoms with E-state index in [-0.39, 0.29) is 75.7 Å². The monoisotopic (exact) mass is 638 g/mol. The van der Waals surface area contributed by atoms with Crippen molar-refractivity contribution in [1.82, 2.24) is 0 Å². The minimum atomic E-state index is -0.506. The largest absolute Gasteiger partial charge is 0.507 e. The van der Waals surface area contributed by atoms with Crippen LogP contribution in [0.1, 0.15) is 58.6 Å². The molecule has 8 N–H and O–H groups in total. The molecular formula is C34H38O8S2. The summed E-state index contributed by atoms with van der Waals surface area (Å²) in [5.74, 6) is -2.54. The molecule has 10 heteroatoms. The summed E-state index contributed by atoms with van der Waals surface area (Å²) >= 11 is 2.71. The third-order valence-corrected chi connectivity index (χ3v) is 9.45. The van der Waals surface area contributed by atoms with Gasteiger partial charge in [0, 0.05) is 69.7 Å². The maximum Gasteiger partial charge on any atom is 0.166 e. The third kappa shape index (κ3) is 4.80. The van der Waals surface area contributed by atoms with Gasteiger partial charge in [0.25, 0.3) is 0 Å². The summed E-state index contributed by atoms with van der Waals surface area (Å²) in [6.07, 6.45) is 0. The lowest BCUT2D eigenvalue weighted by atomic mass is 9.88. The van der Waals surface area contributed by atoms with E-state index in [0.717, 1.165) is 0 Å². The Morgan fingerprint density at radius 3 is 1.70 bits per heavy atom. The van der Waals surface area contributed by atoms with Gasteiger partial charge in [-0.15, -0.1) is 11.8 Å². The van der Waals surface area contributed by atoms with Crippen LogP contribution in [0.5, 0.6) is 46.0 Å². The fraction of sp³-hybridized carbons (Fsp3) is 0.294. The van der Waals surface area contributed by atoms with Crippen molar-refractivity contribution < 1.29 is 40.9 Å². The quantitative estimate of drug-likeness (QED) is 0.109. The molecule has 0 aromatic heterocycles. The highest BCUT2D eigenvalue weighted by Crippen LogP contribution is 2.49. The van der Waals surface area contributed by atoms with Gasteiger partial charge in [0.05, 0.1) is 0 Å². The Hall–Kier alpha value is -4.02. The van der Waals surface area contributed by atoms with Crippen LogP contribution in [0.25, 0.3) is 45.7 Å². The second kappa shape index (κ2) is 12.2. The molecule has 234 valence electrons. The third-order valence-electron chi connectivity index (χ3n) is 7.81. The average molecular weight is 639 g/mol. The summed E-state index contributed by atoms with van der Waals surface area (Å²) in [5.41, 5.74) is 0.921. The van der Waals surface area contributed by atoms with Crippen LogP contribution in [0, 0.1) is 10.4 Å². The molecule has 0 amide bonds. The van der Waals surface area contributed by atoms with Crippen LogP contribution in [0.15, 0.2) is 0 Å². The normalized spacial score (nSPS) is 13.0. The number of benzene rings is 4. The van der Waals surface area contributed by atoms with Gasteiger partial charge in [-0.05, 0) is 36.7 Å². The van der Waals surface area contributed by atoms with Crippen LogP contribution in [-0.4, -0.2) is 52.4 Å². The van der Waals surface area contributed by atoms with E-state index in [0.29, 0.717) is 17.1 Å². The van der Waals surface area contributed by atoms with Crippen LogP contribution >= 0.6 is 23.5 Å². The van der Waals surface area contributed by atoms with E-state index in [1.165, 1.54) is 23.5 Å². The molecule has 4 aromatic rings. The van der Waals surface area contributed by atoms with Crippen LogP contribution < -0.4 is 20.9 Å². The predicted molar refractivity (Wildman–Crippen MR) is 182 cm³/mol. The second-order valence-corrected chi connectivity index (χ2v) is 13.5. The summed E-state index contributed by atoms with van der Waals surface area (Å²) < 4.78 is 0. The van der Waals surface area contributed by atoms with Gasteiger partial charge in [-0.25, -0.2) is 0 Å². The lowest BCUT2D eigenvalue weighted by Crippen LogP contribution is -2.19. The van der Waals surface area contributed by atoms with E-state index in [2.05, 4.69) is 13.2 Å². The van der Waals surface area contributed by atoms with Crippen LogP contribution in [0.4, 0.5) is 0 Å². The summed E-state index contributed by atoms with van der Waals surface area (Å²) in [7, 11) is 0. The topological polar surface area (TPSA) is 162 Å². The van der Waals surface area contributed by atoms with E-state index in [1.807, 2.05) is 13.8 Å². The Balaban J connectivity index is 2.56. The molecule has 0 spiro atoms. The molecule has 0 unspecified atom stereocenters. The molecule has 0 atom stereocenters. The highest BCUT2D eigenvalue weighted by Gasteiger charge is 2.27. The molecule has 0 aliphatic rings. The number of phenolic OH excluding ortho intramolecular Hbond substituents is 8. The van der Waals surface area contributed by atoms with Crippen molar-refractivity contribution in [1.29, 1.82) is 0 Å². The molecule has 0 aliphatic carbocycles. The van der Waals surface area contributed by atoms with Crippen LogP contribution in [0.3, 0.4) is 0 Å². The smallest absolute Gasteiger partial charge is 0.166 e. The lowest BCUT2D eigenvalue weighted by molar-refractivity contribution is 0.395. The van der Waals surface area contributed by atoms with Gasteiger partial charge in [-0.3, -0.25) is 0 Å². The van der Waals surface area contributed by atoms with Crippen molar-refractivity contribution in [2.75, 3.05) is 11.5 Å². The number of thioether (sulfide) groups is 2. The Morgan fingerprint density at radius 2 is 1.20 bits per heavy atom. The summed E-state index contributed by atoms with van der Waals surface area (Å²) in [5, 5.41) is 92.7. The molecule has 0 heterocycles. The van der Waals surface area contributed by atoms with Crippen molar-refractivity contribution in [3.05, 3.63) is 42.4 Å². The van der Waals surface area contributed by atoms with Gasteiger partial charge in [0.15, 0.2) is 23.0 Å². The molecule has 0 bridgehead atoms. The molecule has 0 aliphatic heterocycles. The van der Waals surface area contributed by atoms with Gasteiger partial charge >= 0.3 is 0 Å². The Kier molecular flexibility index (Phi) is 9.09. The first-order valence-electron chi connectivity index (χ1n) is 14.1. The van der Waals surface area contributed by atoms with Gasteiger partial charge in [0.1, 0.15) is 23.0 Å². The number of hydrogen-bond acceptors (Lipinski definition) is 10. The summed E-state index contributed by atoms with van der Waals surface area (Å²) in [6, 6.07) is 0.